The largest absolute Gasteiger partial charge is 0.495 e. The molecule has 1 aromatic carbocycles. The molecule has 0 spiro atoms. The maximum absolute atomic E-state index is 6.19. The number of nitrogen functional groups attached to an aromatic ring is 1. The van der Waals surface area contributed by atoms with Gasteiger partial charge in [0.25, 0.3) is 0 Å². The summed E-state index contributed by atoms with van der Waals surface area (Å²) < 4.78 is 11.1. The summed E-state index contributed by atoms with van der Waals surface area (Å²) >= 11 is 6.19. The molecule has 0 bridgehead atoms. The van der Waals surface area contributed by atoms with Crippen molar-refractivity contribution in [2.45, 2.75) is 39.7 Å². The Hall–Kier alpha value is -2.21. The summed E-state index contributed by atoms with van der Waals surface area (Å²) in [4.78, 5) is 8.49. The number of aryl methyl sites for hydroxylation is 1. The third kappa shape index (κ3) is 4.20. The minimum absolute atomic E-state index is 0.267. The fourth-order valence-electron chi connectivity index (χ4n) is 2.08. The highest BCUT2D eigenvalue weighted by atomic mass is 35.5. The van der Waals surface area contributed by atoms with E-state index in [-0.39, 0.29) is 11.9 Å². The number of nitrogens with zero attached hydrogens (tertiary/aromatic N) is 2. The lowest BCUT2D eigenvalue weighted by atomic mass is 10.1. The smallest absolute Gasteiger partial charge is 0.225 e. The van der Waals surface area contributed by atoms with Gasteiger partial charge in [-0.05, 0) is 31.4 Å². The SMILES string of the molecule is CCc1cc(OC)c(Cl)cc1Oc1cnc(NC(C)CC)nc1N. The number of nitrogens with one attached hydrogen (secondary N) is 1. The van der Waals surface area contributed by atoms with Crippen LogP contribution in [0.2, 0.25) is 5.02 Å². The predicted octanol–water partition coefficient (Wildman–Crippen LogP) is 4.29. The molecule has 0 fully saturated rings. The first-order valence-corrected chi connectivity index (χ1v) is 8.29. The zero-order valence-corrected chi connectivity index (χ0v) is 15.1. The quantitative estimate of drug-likeness (QED) is 0.775. The summed E-state index contributed by atoms with van der Waals surface area (Å²) in [7, 11) is 1.58. The molecule has 0 radical (unpaired) electrons. The lowest BCUT2D eigenvalue weighted by molar-refractivity contribution is 0.412. The van der Waals surface area contributed by atoms with Gasteiger partial charge in [-0.2, -0.15) is 4.98 Å². The summed E-state index contributed by atoms with van der Waals surface area (Å²) in [6.45, 7) is 6.16. The molecule has 1 unspecified atom stereocenters. The van der Waals surface area contributed by atoms with Gasteiger partial charge < -0.3 is 20.5 Å². The van der Waals surface area contributed by atoms with E-state index < -0.39 is 0 Å². The van der Waals surface area contributed by atoms with E-state index in [9.17, 15) is 0 Å². The Bertz CT molecular complexity index is 709. The minimum atomic E-state index is 0.267. The zero-order chi connectivity index (χ0) is 17.7. The molecule has 1 aromatic heterocycles. The van der Waals surface area contributed by atoms with Gasteiger partial charge in [-0.25, -0.2) is 4.98 Å². The van der Waals surface area contributed by atoms with E-state index in [2.05, 4.69) is 29.1 Å². The van der Waals surface area contributed by atoms with Crippen molar-refractivity contribution in [2.75, 3.05) is 18.2 Å². The molecule has 0 aliphatic rings. The number of rotatable bonds is 7. The van der Waals surface area contributed by atoms with Crippen LogP contribution in [0.5, 0.6) is 17.2 Å². The molecule has 0 aliphatic heterocycles. The second kappa shape index (κ2) is 8.06. The fourth-order valence-corrected chi connectivity index (χ4v) is 2.31. The molecule has 130 valence electrons. The number of nitrogens with two attached hydrogens (primary N) is 1. The third-order valence-corrected chi connectivity index (χ3v) is 4.00. The summed E-state index contributed by atoms with van der Waals surface area (Å²) in [6, 6.07) is 3.83. The molecule has 7 heteroatoms. The molecule has 24 heavy (non-hydrogen) atoms. The van der Waals surface area contributed by atoms with Crippen molar-refractivity contribution in [1.29, 1.82) is 0 Å². The Labute approximate surface area is 147 Å². The number of hydrogen-bond donors (Lipinski definition) is 2. The van der Waals surface area contributed by atoms with Crippen LogP contribution in [-0.2, 0) is 6.42 Å². The van der Waals surface area contributed by atoms with E-state index in [4.69, 9.17) is 26.8 Å². The number of anilines is 2. The zero-order valence-electron chi connectivity index (χ0n) is 14.4. The minimum Gasteiger partial charge on any atom is -0.495 e. The maximum Gasteiger partial charge on any atom is 0.225 e. The summed E-state index contributed by atoms with van der Waals surface area (Å²) in [5, 5.41) is 3.65. The van der Waals surface area contributed by atoms with Gasteiger partial charge in [0.05, 0.1) is 18.3 Å². The molecule has 3 N–H and O–H groups in total. The van der Waals surface area contributed by atoms with E-state index in [1.54, 1.807) is 19.4 Å². The van der Waals surface area contributed by atoms with Crippen molar-refractivity contribution in [3.8, 4) is 17.2 Å². The third-order valence-electron chi connectivity index (χ3n) is 3.71. The second-order valence-corrected chi connectivity index (χ2v) is 5.85. The van der Waals surface area contributed by atoms with Gasteiger partial charge in [-0.15, -0.1) is 0 Å². The van der Waals surface area contributed by atoms with Gasteiger partial charge in [-0.1, -0.05) is 25.4 Å². The highest BCUT2D eigenvalue weighted by molar-refractivity contribution is 6.32. The van der Waals surface area contributed by atoms with Gasteiger partial charge in [-0.3, -0.25) is 0 Å². The topological polar surface area (TPSA) is 82.3 Å². The van der Waals surface area contributed by atoms with Crippen LogP contribution in [0.15, 0.2) is 18.3 Å². The summed E-state index contributed by atoms with van der Waals surface area (Å²) in [5.74, 6) is 2.36. The Morgan fingerprint density at radius 2 is 2.00 bits per heavy atom. The molecule has 2 aromatic rings. The van der Waals surface area contributed by atoms with Crippen LogP contribution in [0.3, 0.4) is 0 Å². The fraction of sp³-hybridized carbons (Fsp3) is 0.412. The Kier molecular flexibility index (Phi) is 6.09. The van der Waals surface area contributed by atoms with Crippen molar-refractivity contribution in [2.24, 2.45) is 0 Å². The van der Waals surface area contributed by atoms with Crippen molar-refractivity contribution in [3.63, 3.8) is 0 Å². The van der Waals surface area contributed by atoms with Gasteiger partial charge in [0.1, 0.15) is 11.5 Å². The number of benzene rings is 1. The highest BCUT2D eigenvalue weighted by Crippen LogP contribution is 2.36. The lowest BCUT2D eigenvalue weighted by Gasteiger charge is -2.15. The summed E-state index contributed by atoms with van der Waals surface area (Å²) in [6.07, 6.45) is 3.29. The van der Waals surface area contributed by atoms with Crippen LogP contribution in [0.4, 0.5) is 11.8 Å². The molecule has 0 saturated carbocycles. The van der Waals surface area contributed by atoms with Crippen LogP contribution in [0.1, 0.15) is 32.8 Å². The molecular weight excluding hydrogens is 328 g/mol. The van der Waals surface area contributed by atoms with E-state index in [0.717, 1.165) is 18.4 Å². The summed E-state index contributed by atoms with van der Waals surface area (Å²) in [5.41, 5.74) is 6.95. The second-order valence-electron chi connectivity index (χ2n) is 5.45. The van der Waals surface area contributed by atoms with E-state index in [0.29, 0.717) is 28.2 Å². The Balaban J connectivity index is 2.26. The number of methoxy groups -OCH3 is 1. The number of ether oxygens (including phenoxy) is 2. The molecular formula is C17H23ClN4O2. The van der Waals surface area contributed by atoms with Gasteiger partial charge in [0, 0.05) is 12.1 Å². The van der Waals surface area contributed by atoms with Crippen LogP contribution < -0.4 is 20.5 Å². The predicted molar refractivity (Wildman–Crippen MR) is 97.3 cm³/mol. The first-order chi connectivity index (χ1) is 11.5. The van der Waals surface area contributed by atoms with Crippen molar-refractivity contribution >= 4 is 23.4 Å². The first-order valence-electron chi connectivity index (χ1n) is 7.91. The molecule has 1 heterocycles. The van der Waals surface area contributed by atoms with E-state index >= 15 is 0 Å². The van der Waals surface area contributed by atoms with Crippen molar-refractivity contribution < 1.29 is 9.47 Å². The Morgan fingerprint density at radius 1 is 1.25 bits per heavy atom. The average molecular weight is 351 g/mol. The molecule has 0 amide bonds. The van der Waals surface area contributed by atoms with Crippen molar-refractivity contribution in [3.05, 3.63) is 28.9 Å². The molecule has 6 nitrogen and oxygen atoms in total. The van der Waals surface area contributed by atoms with Crippen LogP contribution in [0.25, 0.3) is 0 Å². The monoisotopic (exact) mass is 350 g/mol. The lowest BCUT2D eigenvalue weighted by Crippen LogP contribution is -2.16. The Morgan fingerprint density at radius 3 is 2.58 bits per heavy atom. The number of halogens is 1. The van der Waals surface area contributed by atoms with Gasteiger partial charge in [0.15, 0.2) is 11.6 Å². The first kappa shape index (κ1) is 18.1. The van der Waals surface area contributed by atoms with Crippen molar-refractivity contribution in [1.82, 2.24) is 9.97 Å². The normalized spacial score (nSPS) is 11.9. The van der Waals surface area contributed by atoms with Crippen LogP contribution in [-0.4, -0.2) is 23.1 Å². The molecule has 0 saturated heterocycles. The highest BCUT2D eigenvalue weighted by Gasteiger charge is 2.13. The van der Waals surface area contributed by atoms with E-state index in [1.807, 2.05) is 13.0 Å². The standard InChI is InChI=1S/C17H23ClN4O2/c1-5-10(3)21-17-20-9-15(16(19)22-17)24-13-8-12(18)14(23-4)7-11(13)6-2/h7-10H,5-6H2,1-4H3,(H3,19,20,21,22). The van der Waals surface area contributed by atoms with Crippen LogP contribution in [0, 0.1) is 0 Å². The molecule has 1 atom stereocenters. The van der Waals surface area contributed by atoms with E-state index in [1.165, 1.54) is 0 Å². The molecule has 2 rings (SSSR count). The van der Waals surface area contributed by atoms with Gasteiger partial charge >= 0.3 is 0 Å². The maximum atomic E-state index is 6.19. The van der Waals surface area contributed by atoms with Crippen LogP contribution >= 0.6 is 11.6 Å². The van der Waals surface area contributed by atoms with Gasteiger partial charge in [0.2, 0.25) is 5.95 Å². The molecule has 0 aliphatic carbocycles. The average Bonchev–Trinajstić information content (AvgIpc) is 2.57. The number of hydrogen-bond acceptors (Lipinski definition) is 6. The number of aromatic nitrogens is 2.